The average Bonchev–Trinajstić information content (AvgIpc) is 2.86. The van der Waals surface area contributed by atoms with Crippen molar-refractivity contribution in [2.45, 2.75) is 39.7 Å². The highest BCUT2D eigenvalue weighted by atomic mass is 35.5. The molecule has 0 radical (unpaired) electrons. The van der Waals surface area contributed by atoms with E-state index in [2.05, 4.69) is 6.08 Å². The number of fused-ring (bicyclic) bond motifs is 4. The van der Waals surface area contributed by atoms with Gasteiger partial charge in [0.1, 0.15) is 0 Å². The first-order valence-corrected chi connectivity index (χ1v) is 9.24. The Bertz CT molecular complexity index is 724. The van der Waals surface area contributed by atoms with Crippen LogP contribution in [-0.4, -0.2) is 47.3 Å². The molecule has 2 amide bonds. The first-order chi connectivity index (χ1) is 11.9. The van der Waals surface area contributed by atoms with Gasteiger partial charge in [0.15, 0.2) is 0 Å². The molecule has 3 heterocycles. The maximum Gasteiger partial charge on any atom is 0.253 e. The zero-order chi connectivity index (χ0) is 18.1. The molecule has 2 bridgehead atoms. The molecule has 3 saturated heterocycles. The molecule has 3 fully saturated rings. The average molecular weight is 361 g/mol. The van der Waals surface area contributed by atoms with Crippen molar-refractivity contribution >= 4 is 23.4 Å². The second-order valence-corrected chi connectivity index (χ2v) is 7.78. The molecule has 4 rings (SSSR count). The molecular weight excluding hydrogens is 336 g/mol. The van der Waals surface area contributed by atoms with Crippen LogP contribution < -0.4 is 0 Å². The Labute approximate surface area is 154 Å². The highest BCUT2D eigenvalue weighted by molar-refractivity contribution is 6.31. The van der Waals surface area contributed by atoms with Gasteiger partial charge in [0, 0.05) is 36.3 Å². The van der Waals surface area contributed by atoms with Gasteiger partial charge in [-0.2, -0.15) is 0 Å². The monoisotopic (exact) mass is 360 g/mol. The topological polar surface area (TPSA) is 40.6 Å². The summed E-state index contributed by atoms with van der Waals surface area (Å²) in [5, 5.41) is 0.602. The molecule has 3 aliphatic rings. The first kappa shape index (κ1) is 18.0. The van der Waals surface area contributed by atoms with Crippen LogP contribution in [0.5, 0.6) is 0 Å². The molecule has 5 heteroatoms. The molecule has 0 saturated carbocycles. The van der Waals surface area contributed by atoms with E-state index in [1.807, 2.05) is 42.7 Å². The van der Waals surface area contributed by atoms with Crippen LogP contribution >= 0.6 is 11.6 Å². The van der Waals surface area contributed by atoms with Gasteiger partial charge in [-0.25, -0.2) is 0 Å². The molecule has 134 valence electrons. The molecule has 0 aliphatic carbocycles. The SMILES string of the molecule is CC(C)=CCN1C(=O)[C@@H]2CC[C@H]1CN(C(=O)c1ccc(C)c(Cl)c1)C2. The van der Waals surface area contributed by atoms with E-state index in [1.54, 1.807) is 6.07 Å². The molecular formula is C20H25ClN2O2. The van der Waals surface area contributed by atoms with Crippen molar-refractivity contribution in [3.8, 4) is 0 Å². The summed E-state index contributed by atoms with van der Waals surface area (Å²) in [6, 6.07) is 5.52. The molecule has 0 N–H and O–H groups in total. The van der Waals surface area contributed by atoms with Crippen molar-refractivity contribution in [1.29, 1.82) is 0 Å². The summed E-state index contributed by atoms with van der Waals surface area (Å²) in [6.45, 7) is 7.74. The Hall–Kier alpha value is -1.81. The second kappa shape index (κ2) is 7.20. The number of nitrogens with zero attached hydrogens (tertiary/aromatic N) is 2. The van der Waals surface area contributed by atoms with E-state index in [9.17, 15) is 9.59 Å². The number of halogens is 1. The van der Waals surface area contributed by atoms with Crippen LogP contribution in [0.1, 0.15) is 42.6 Å². The molecule has 1 aromatic rings. The highest BCUT2D eigenvalue weighted by Crippen LogP contribution is 2.30. The number of piperidine rings is 1. The molecule has 25 heavy (non-hydrogen) atoms. The quantitative estimate of drug-likeness (QED) is 0.771. The minimum absolute atomic E-state index is 0.0318. The van der Waals surface area contributed by atoms with Crippen molar-refractivity contribution in [3.63, 3.8) is 0 Å². The van der Waals surface area contributed by atoms with Crippen LogP contribution in [0.4, 0.5) is 0 Å². The van der Waals surface area contributed by atoms with Crippen LogP contribution in [0, 0.1) is 12.8 Å². The molecule has 4 nitrogen and oxygen atoms in total. The van der Waals surface area contributed by atoms with E-state index < -0.39 is 0 Å². The molecule has 0 spiro atoms. The number of aryl methyl sites for hydroxylation is 1. The predicted molar refractivity (Wildman–Crippen MR) is 99.7 cm³/mol. The summed E-state index contributed by atoms with van der Waals surface area (Å²) in [5.74, 6) is 0.0656. The van der Waals surface area contributed by atoms with E-state index in [4.69, 9.17) is 11.6 Å². The number of benzene rings is 1. The lowest BCUT2D eigenvalue weighted by atomic mass is 9.94. The zero-order valence-electron chi connectivity index (χ0n) is 15.1. The molecule has 0 unspecified atom stereocenters. The van der Waals surface area contributed by atoms with E-state index >= 15 is 0 Å². The smallest absolute Gasteiger partial charge is 0.253 e. The van der Waals surface area contributed by atoms with Crippen LogP contribution in [0.3, 0.4) is 0 Å². The Morgan fingerprint density at radius 2 is 2.04 bits per heavy atom. The number of carbonyl (C=O) groups excluding carboxylic acids is 2. The Kier molecular flexibility index (Phi) is 5.19. The van der Waals surface area contributed by atoms with E-state index in [0.29, 0.717) is 30.2 Å². The zero-order valence-corrected chi connectivity index (χ0v) is 15.8. The van der Waals surface area contributed by atoms with E-state index in [0.717, 1.165) is 18.4 Å². The summed E-state index contributed by atoms with van der Waals surface area (Å²) in [6.07, 6.45) is 3.92. The molecule has 3 aliphatic heterocycles. The lowest BCUT2D eigenvalue weighted by Crippen LogP contribution is -2.48. The van der Waals surface area contributed by atoms with Crippen molar-refractivity contribution in [2.75, 3.05) is 19.6 Å². The molecule has 2 atom stereocenters. The number of hydrogen-bond acceptors (Lipinski definition) is 2. The maximum atomic E-state index is 12.9. The fourth-order valence-corrected chi connectivity index (χ4v) is 3.82. The van der Waals surface area contributed by atoms with Gasteiger partial charge in [0.25, 0.3) is 5.91 Å². The van der Waals surface area contributed by atoms with Crippen LogP contribution in [0.2, 0.25) is 5.02 Å². The van der Waals surface area contributed by atoms with Crippen LogP contribution in [0.25, 0.3) is 0 Å². The Balaban J connectivity index is 1.81. The minimum Gasteiger partial charge on any atom is -0.336 e. The number of amides is 2. The summed E-state index contributed by atoms with van der Waals surface area (Å²) >= 11 is 6.18. The van der Waals surface area contributed by atoms with Crippen molar-refractivity contribution in [3.05, 3.63) is 46.0 Å². The summed E-state index contributed by atoms with van der Waals surface area (Å²) < 4.78 is 0. The van der Waals surface area contributed by atoms with E-state index in [-0.39, 0.29) is 23.8 Å². The molecule has 0 aromatic heterocycles. The minimum atomic E-state index is -0.0887. The standard InChI is InChI=1S/C20H25ClN2O2/c1-13(2)8-9-23-17-7-6-16(20(23)25)11-22(12-17)19(24)15-5-4-14(3)18(21)10-15/h4-5,8,10,16-17H,6-7,9,11-12H2,1-3H3/t16-,17+/m1/s1. The summed E-state index contributed by atoms with van der Waals surface area (Å²) in [5.41, 5.74) is 2.76. The fourth-order valence-electron chi connectivity index (χ4n) is 3.64. The number of allylic oxidation sites excluding steroid dienone is 1. The van der Waals surface area contributed by atoms with Gasteiger partial charge in [-0.05, 0) is 51.3 Å². The van der Waals surface area contributed by atoms with Crippen molar-refractivity contribution in [2.24, 2.45) is 5.92 Å². The summed E-state index contributed by atoms with van der Waals surface area (Å²) in [7, 11) is 0. The third-order valence-corrected chi connectivity index (χ3v) is 5.60. The third kappa shape index (κ3) is 3.74. The Morgan fingerprint density at radius 1 is 1.28 bits per heavy atom. The largest absolute Gasteiger partial charge is 0.336 e. The fraction of sp³-hybridized carbons (Fsp3) is 0.500. The summed E-state index contributed by atoms with van der Waals surface area (Å²) in [4.78, 5) is 29.5. The third-order valence-electron chi connectivity index (χ3n) is 5.20. The van der Waals surface area contributed by atoms with Gasteiger partial charge >= 0.3 is 0 Å². The van der Waals surface area contributed by atoms with Gasteiger partial charge < -0.3 is 9.80 Å². The maximum absolute atomic E-state index is 12.9. The van der Waals surface area contributed by atoms with Crippen molar-refractivity contribution in [1.82, 2.24) is 9.80 Å². The number of rotatable bonds is 3. The van der Waals surface area contributed by atoms with Gasteiger partial charge in [0.2, 0.25) is 5.91 Å². The number of hydrogen-bond donors (Lipinski definition) is 0. The van der Waals surface area contributed by atoms with Gasteiger partial charge in [-0.15, -0.1) is 0 Å². The predicted octanol–water partition coefficient (Wildman–Crippen LogP) is 3.68. The molecule has 1 aromatic carbocycles. The number of carbonyl (C=O) groups is 2. The van der Waals surface area contributed by atoms with Crippen molar-refractivity contribution < 1.29 is 9.59 Å². The first-order valence-electron chi connectivity index (χ1n) is 8.86. The second-order valence-electron chi connectivity index (χ2n) is 7.37. The lowest BCUT2D eigenvalue weighted by molar-refractivity contribution is -0.139. The van der Waals surface area contributed by atoms with Gasteiger partial charge in [0.05, 0.1) is 5.92 Å². The normalized spacial score (nSPS) is 22.8. The van der Waals surface area contributed by atoms with E-state index in [1.165, 1.54) is 5.57 Å². The highest BCUT2D eigenvalue weighted by Gasteiger charge is 2.41. The lowest BCUT2D eigenvalue weighted by Gasteiger charge is -2.35. The Morgan fingerprint density at radius 3 is 2.72 bits per heavy atom. The van der Waals surface area contributed by atoms with Gasteiger partial charge in [-0.3, -0.25) is 9.59 Å². The van der Waals surface area contributed by atoms with Crippen LogP contribution in [0.15, 0.2) is 29.8 Å². The van der Waals surface area contributed by atoms with Gasteiger partial charge in [-0.1, -0.05) is 29.3 Å². The van der Waals surface area contributed by atoms with Crippen LogP contribution in [-0.2, 0) is 4.79 Å².